The van der Waals surface area contributed by atoms with E-state index in [2.05, 4.69) is 10.6 Å². The Balaban J connectivity index is 1.58. The van der Waals surface area contributed by atoms with E-state index in [9.17, 15) is 14.0 Å². The van der Waals surface area contributed by atoms with Gasteiger partial charge >= 0.3 is 0 Å². The molecule has 3 rings (SSSR count). The molecule has 0 saturated heterocycles. The van der Waals surface area contributed by atoms with Gasteiger partial charge in [0, 0.05) is 29.4 Å². The molecule has 0 bridgehead atoms. The SMILES string of the molecule is COc1ccc(C)cc1/C=C/C(=O)NCc1cccc(NC(=O)c2ccc(F)cc2)c1. The lowest BCUT2D eigenvalue weighted by Crippen LogP contribution is -2.20. The first-order valence-electron chi connectivity index (χ1n) is 9.71. The van der Waals surface area contributed by atoms with Gasteiger partial charge in [0.1, 0.15) is 11.6 Å². The summed E-state index contributed by atoms with van der Waals surface area (Å²) in [5.74, 6) is -0.288. The van der Waals surface area contributed by atoms with E-state index in [0.717, 1.165) is 16.7 Å². The number of aryl methyl sites for hydroxylation is 1. The average molecular weight is 418 g/mol. The number of amides is 2. The molecule has 0 heterocycles. The average Bonchev–Trinajstić information content (AvgIpc) is 2.77. The van der Waals surface area contributed by atoms with Crippen LogP contribution in [0.25, 0.3) is 6.08 Å². The molecule has 0 aliphatic carbocycles. The van der Waals surface area contributed by atoms with Crippen LogP contribution in [-0.4, -0.2) is 18.9 Å². The van der Waals surface area contributed by atoms with Crippen LogP contribution in [-0.2, 0) is 11.3 Å². The third-order valence-corrected chi connectivity index (χ3v) is 4.56. The molecule has 0 aromatic heterocycles. The van der Waals surface area contributed by atoms with Crippen molar-refractivity contribution in [1.82, 2.24) is 5.32 Å². The highest BCUT2D eigenvalue weighted by atomic mass is 19.1. The number of benzene rings is 3. The highest BCUT2D eigenvalue weighted by molar-refractivity contribution is 6.04. The van der Waals surface area contributed by atoms with E-state index in [1.165, 1.54) is 30.3 Å². The summed E-state index contributed by atoms with van der Waals surface area (Å²) in [5, 5.41) is 5.59. The maximum Gasteiger partial charge on any atom is 0.255 e. The Morgan fingerprint density at radius 3 is 2.55 bits per heavy atom. The van der Waals surface area contributed by atoms with Gasteiger partial charge in [0.25, 0.3) is 5.91 Å². The van der Waals surface area contributed by atoms with Gasteiger partial charge < -0.3 is 15.4 Å². The van der Waals surface area contributed by atoms with E-state index in [4.69, 9.17) is 4.74 Å². The lowest BCUT2D eigenvalue weighted by molar-refractivity contribution is -0.116. The first-order chi connectivity index (χ1) is 14.9. The van der Waals surface area contributed by atoms with Crippen molar-refractivity contribution in [3.05, 3.63) is 101 Å². The Morgan fingerprint density at radius 2 is 1.81 bits per heavy atom. The van der Waals surface area contributed by atoms with Gasteiger partial charge in [-0.1, -0.05) is 23.8 Å². The Hall–Kier alpha value is -3.93. The van der Waals surface area contributed by atoms with Crippen LogP contribution in [0, 0.1) is 12.7 Å². The topological polar surface area (TPSA) is 67.4 Å². The van der Waals surface area contributed by atoms with E-state index < -0.39 is 5.82 Å². The predicted octanol–water partition coefficient (Wildman–Crippen LogP) is 4.72. The molecule has 0 spiro atoms. The van der Waals surface area contributed by atoms with Crippen molar-refractivity contribution in [2.75, 3.05) is 12.4 Å². The quantitative estimate of drug-likeness (QED) is 0.546. The molecule has 0 unspecified atom stereocenters. The molecular formula is C25H23FN2O3. The van der Waals surface area contributed by atoms with E-state index in [1.54, 1.807) is 31.4 Å². The predicted molar refractivity (Wildman–Crippen MR) is 119 cm³/mol. The Kier molecular flexibility index (Phi) is 7.17. The van der Waals surface area contributed by atoms with Crippen molar-refractivity contribution < 1.29 is 18.7 Å². The fraction of sp³-hybridized carbons (Fsp3) is 0.120. The summed E-state index contributed by atoms with van der Waals surface area (Å²) in [5.41, 5.74) is 3.66. The summed E-state index contributed by atoms with van der Waals surface area (Å²) in [4.78, 5) is 24.5. The molecule has 0 aliphatic heterocycles. The minimum atomic E-state index is -0.399. The second kappa shape index (κ2) is 10.2. The van der Waals surface area contributed by atoms with E-state index in [-0.39, 0.29) is 11.8 Å². The number of anilines is 1. The smallest absolute Gasteiger partial charge is 0.255 e. The van der Waals surface area contributed by atoms with Crippen molar-refractivity contribution in [3.63, 3.8) is 0 Å². The van der Waals surface area contributed by atoms with Gasteiger partial charge in [-0.05, 0) is 67.1 Å². The number of carbonyl (C=O) groups is 2. The number of hydrogen-bond donors (Lipinski definition) is 2. The molecule has 6 heteroatoms. The lowest BCUT2D eigenvalue weighted by atomic mass is 10.1. The fourth-order valence-corrected chi connectivity index (χ4v) is 2.96. The number of hydrogen-bond acceptors (Lipinski definition) is 3. The van der Waals surface area contributed by atoms with Gasteiger partial charge in [-0.25, -0.2) is 4.39 Å². The van der Waals surface area contributed by atoms with Crippen molar-refractivity contribution in [1.29, 1.82) is 0 Å². The first kappa shape index (κ1) is 21.8. The van der Waals surface area contributed by atoms with Crippen LogP contribution in [0.1, 0.15) is 27.0 Å². The second-order valence-corrected chi connectivity index (χ2v) is 6.96. The number of ether oxygens (including phenoxy) is 1. The van der Waals surface area contributed by atoms with Crippen LogP contribution in [0.4, 0.5) is 10.1 Å². The fourth-order valence-electron chi connectivity index (χ4n) is 2.96. The van der Waals surface area contributed by atoms with Gasteiger partial charge in [-0.15, -0.1) is 0 Å². The molecule has 0 radical (unpaired) electrons. The summed E-state index contributed by atoms with van der Waals surface area (Å²) < 4.78 is 18.3. The highest BCUT2D eigenvalue weighted by Crippen LogP contribution is 2.21. The summed E-state index contributed by atoms with van der Waals surface area (Å²) in [6, 6.07) is 18.2. The Labute approximate surface area is 180 Å². The zero-order valence-corrected chi connectivity index (χ0v) is 17.3. The standard InChI is InChI=1S/C25H23FN2O3/c1-17-6-12-23(31-2)20(14-17)9-13-24(29)27-16-18-4-3-5-22(15-18)28-25(30)19-7-10-21(26)11-8-19/h3-15H,16H2,1-2H3,(H,27,29)(H,28,30)/b13-9+. The van der Waals surface area contributed by atoms with Crippen LogP contribution >= 0.6 is 0 Å². The van der Waals surface area contributed by atoms with Crippen LogP contribution in [0.15, 0.2) is 72.8 Å². The maximum atomic E-state index is 13.0. The van der Waals surface area contributed by atoms with E-state index in [1.807, 2.05) is 31.2 Å². The molecule has 5 nitrogen and oxygen atoms in total. The summed E-state index contributed by atoms with van der Waals surface area (Å²) in [6.45, 7) is 2.27. The minimum absolute atomic E-state index is 0.246. The van der Waals surface area contributed by atoms with Crippen molar-refractivity contribution in [2.45, 2.75) is 13.5 Å². The monoisotopic (exact) mass is 418 g/mol. The van der Waals surface area contributed by atoms with Crippen molar-refractivity contribution >= 4 is 23.6 Å². The van der Waals surface area contributed by atoms with Crippen LogP contribution in [0.3, 0.4) is 0 Å². The molecule has 0 saturated carbocycles. The molecule has 2 amide bonds. The number of nitrogens with one attached hydrogen (secondary N) is 2. The molecule has 31 heavy (non-hydrogen) atoms. The first-order valence-corrected chi connectivity index (χ1v) is 9.71. The molecule has 0 aliphatic rings. The number of carbonyl (C=O) groups excluding carboxylic acids is 2. The Morgan fingerprint density at radius 1 is 1.03 bits per heavy atom. The maximum absolute atomic E-state index is 13.0. The third kappa shape index (κ3) is 6.27. The number of halogens is 1. The second-order valence-electron chi connectivity index (χ2n) is 6.96. The molecule has 158 valence electrons. The van der Waals surface area contributed by atoms with Gasteiger partial charge in [-0.3, -0.25) is 9.59 Å². The molecule has 0 fully saturated rings. The highest BCUT2D eigenvalue weighted by Gasteiger charge is 2.07. The van der Waals surface area contributed by atoms with E-state index in [0.29, 0.717) is 23.5 Å². The van der Waals surface area contributed by atoms with Crippen molar-refractivity contribution in [2.24, 2.45) is 0 Å². The summed E-state index contributed by atoms with van der Waals surface area (Å²) in [7, 11) is 1.59. The molecule has 2 N–H and O–H groups in total. The number of methoxy groups -OCH3 is 1. The minimum Gasteiger partial charge on any atom is -0.496 e. The van der Waals surface area contributed by atoms with Gasteiger partial charge in [-0.2, -0.15) is 0 Å². The van der Waals surface area contributed by atoms with Crippen LogP contribution < -0.4 is 15.4 Å². The zero-order chi connectivity index (χ0) is 22.2. The van der Waals surface area contributed by atoms with Crippen molar-refractivity contribution in [3.8, 4) is 5.75 Å². The summed E-state index contributed by atoms with van der Waals surface area (Å²) in [6.07, 6.45) is 3.16. The molecule has 3 aromatic carbocycles. The molecular weight excluding hydrogens is 395 g/mol. The summed E-state index contributed by atoms with van der Waals surface area (Å²) >= 11 is 0. The Bertz CT molecular complexity index is 1110. The van der Waals surface area contributed by atoms with Gasteiger partial charge in [0.15, 0.2) is 0 Å². The van der Waals surface area contributed by atoms with Crippen LogP contribution in [0.2, 0.25) is 0 Å². The molecule has 3 aromatic rings. The lowest BCUT2D eigenvalue weighted by Gasteiger charge is -2.08. The largest absolute Gasteiger partial charge is 0.496 e. The van der Waals surface area contributed by atoms with Crippen LogP contribution in [0.5, 0.6) is 5.75 Å². The van der Waals surface area contributed by atoms with Gasteiger partial charge in [0.05, 0.1) is 7.11 Å². The normalized spacial score (nSPS) is 10.7. The zero-order valence-electron chi connectivity index (χ0n) is 17.3. The molecule has 0 atom stereocenters. The van der Waals surface area contributed by atoms with E-state index >= 15 is 0 Å². The third-order valence-electron chi connectivity index (χ3n) is 4.56. The number of rotatable bonds is 7. The van der Waals surface area contributed by atoms with Gasteiger partial charge in [0.2, 0.25) is 5.91 Å².